The third-order valence-electron chi connectivity index (χ3n) is 4.46. The Morgan fingerprint density at radius 3 is 2.63 bits per heavy atom. The van der Waals surface area contributed by atoms with E-state index in [1.807, 2.05) is 36.4 Å². The lowest BCUT2D eigenvalue weighted by atomic mass is 10.1. The van der Waals surface area contributed by atoms with Crippen molar-refractivity contribution in [1.82, 2.24) is 20.6 Å². The second kappa shape index (κ2) is 8.79. The number of aromatic amines is 1. The number of hydrogen-bond donors (Lipinski definition) is 2. The number of carbonyl (C=O) groups excluding carboxylic acids is 1. The Bertz CT molecular complexity index is 1280. The van der Waals surface area contributed by atoms with Gasteiger partial charge in [-0.25, -0.2) is 10.5 Å². The lowest BCUT2D eigenvalue weighted by molar-refractivity contribution is 0.0955. The van der Waals surface area contributed by atoms with Gasteiger partial charge in [-0.1, -0.05) is 40.2 Å². The van der Waals surface area contributed by atoms with E-state index in [0.717, 1.165) is 15.6 Å². The highest BCUT2D eigenvalue weighted by Gasteiger charge is 2.09. The Balaban J connectivity index is 1.44. The number of aromatic nitrogens is 3. The number of carbonyl (C=O) groups is 1. The van der Waals surface area contributed by atoms with E-state index in [1.165, 1.54) is 0 Å². The molecule has 0 aliphatic rings. The van der Waals surface area contributed by atoms with Crippen molar-refractivity contribution in [2.75, 3.05) is 0 Å². The van der Waals surface area contributed by atoms with Gasteiger partial charge in [0.1, 0.15) is 0 Å². The van der Waals surface area contributed by atoms with Crippen LogP contribution in [0.25, 0.3) is 10.9 Å². The monoisotopic (exact) mass is 461 g/mol. The van der Waals surface area contributed by atoms with Crippen molar-refractivity contribution in [1.29, 1.82) is 0 Å². The molecule has 0 fully saturated rings. The number of H-pyrrole nitrogens is 1. The predicted octanol–water partition coefficient (Wildman–Crippen LogP) is 3.44. The fourth-order valence-electron chi connectivity index (χ4n) is 2.92. The Labute approximate surface area is 180 Å². The second-order valence-corrected chi connectivity index (χ2v) is 7.44. The van der Waals surface area contributed by atoms with Crippen molar-refractivity contribution < 1.29 is 4.79 Å². The molecule has 8 heteroatoms. The Morgan fingerprint density at radius 1 is 1.10 bits per heavy atom. The minimum absolute atomic E-state index is 0.266. The standard InChI is InChI=1S/C22H16BrN5O2/c23-17-9-5-15(6-10-17)13-25-27-21(29)16-7-3-14(4-8-16)12-19-20-18(2-1-11-24-20)22(30)28-26-19/h1-11,13H,12H2,(H,27,29)(H,28,30)/b25-13+. The number of hydrazone groups is 1. The molecule has 2 aromatic heterocycles. The van der Waals surface area contributed by atoms with Gasteiger partial charge in [0, 0.05) is 22.7 Å². The maximum atomic E-state index is 12.3. The van der Waals surface area contributed by atoms with Crippen LogP contribution in [-0.4, -0.2) is 27.3 Å². The summed E-state index contributed by atoms with van der Waals surface area (Å²) in [5.41, 5.74) is 5.80. The maximum absolute atomic E-state index is 12.3. The van der Waals surface area contributed by atoms with Crippen LogP contribution in [-0.2, 0) is 6.42 Å². The first kappa shape index (κ1) is 19.7. The molecule has 4 aromatic rings. The molecule has 2 N–H and O–H groups in total. The molecule has 0 spiro atoms. The number of rotatable bonds is 5. The molecule has 0 atom stereocenters. The van der Waals surface area contributed by atoms with Crippen LogP contribution in [0, 0.1) is 0 Å². The van der Waals surface area contributed by atoms with E-state index in [2.05, 4.69) is 41.6 Å². The van der Waals surface area contributed by atoms with Gasteiger partial charge in [-0.3, -0.25) is 14.6 Å². The molecule has 7 nitrogen and oxygen atoms in total. The van der Waals surface area contributed by atoms with E-state index in [9.17, 15) is 9.59 Å². The molecule has 0 aliphatic carbocycles. The van der Waals surface area contributed by atoms with Crippen LogP contribution in [0.2, 0.25) is 0 Å². The van der Waals surface area contributed by atoms with Gasteiger partial charge in [-0.15, -0.1) is 0 Å². The van der Waals surface area contributed by atoms with E-state index >= 15 is 0 Å². The summed E-state index contributed by atoms with van der Waals surface area (Å²) in [6, 6.07) is 18.1. The Kier molecular flexibility index (Phi) is 5.76. The molecular formula is C22H16BrN5O2. The molecule has 2 aromatic carbocycles. The van der Waals surface area contributed by atoms with Crippen LogP contribution in [0.1, 0.15) is 27.2 Å². The molecule has 0 unspecified atom stereocenters. The van der Waals surface area contributed by atoms with E-state index in [4.69, 9.17) is 0 Å². The minimum Gasteiger partial charge on any atom is -0.267 e. The van der Waals surface area contributed by atoms with E-state index in [-0.39, 0.29) is 11.5 Å². The molecule has 30 heavy (non-hydrogen) atoms. The second-order valence-electron chi connectivity index (χ2n) is 6.52. The van der Waals surface area contributed by atoms with Crippen LogP contribution in [0.3, 0.4) is 0 Å². The molecule has 2 heterocycles. The lowest BCUT2D eigenvalue weighted by Crippen LogP contribution is -2.17. The van der Waals surface area contributed by atoms with E-state index in [1.54, 1.807) is 36.7 Å². The van der Waals surface area contributed by atoms with Crippen LogP contribution < -0.4 is 11.0 Å². The zero-order valence-electron chi connectivity index (χ0n) is 15.7. The van der Waals surface area contributed by atoms with Crippen molar-refractivity contribution >= 4 is 39.0 Å². The van der Waals surface area contributed by atoms with Crippen molar-refractivity contribution in [2.24, 2.45) is 5.10 Å². The summed E-state index contributed by atoms with van der Waals surface area (Å²) in [5, 5.41) is 11.1. The lowest BCUT2D eigenvalue weighted by Gasteiger charge is -2.05. The predicted molar refractivity (Wildman–Crippen MR) is 119 cm³/mol. The fraction of sp³-hybridized carbons (Fsp3) is 0.0455. The molecule has 4 rings (SSSR count). The van der Waals surface area contributed by atoms with Crippen LogP contribution >= 0.6 is 15.9 Å². The van der Waals surface area contributed by atoms with Crippen LogP contribution in [0.4, 0.5) is 0 Å². The maximum Gasteiger partial charge on any atom is 0.273 e. The van der Waals surface area contributed by atoms with Crippen molar-refractivity contribution in [3.63, 3.8) is 0 Å². The third kappa shape index (κ3) is 4.49. The van der Waals surface area contributed by atoms with Gasteiger partial charge >= 0.3 is 0 Å². The molecule has 0 saturated heterocycles. The van der Waals surface area contributed by atoms with E-state index < -0.39 is 0 Å². The molecular weight excluding hydrogens is 446 g/mol. The highest BCUT2D eigenvalue weighted by atomic mass is 79.9. The SMILES string of the molecule is O=C(N/N=C/c1ccc(Br)cc1)c1ccc(Cc2n[nH]c(=O)c3cccnc23)cc1. The van der Waals surface area contributed by atoms with Gasteiger partial charge in [-0.2, -0.15) is 10.2 Å². The van der Waals surface area contributed by atoms with Gasteiger partial charge in [0.05, 0.1) is 22.8 Å². The smallest absolute Gasteiger partial charge is 0.267 e. The average molecular weight is 462 g/mol. The highest BCUT2D eigenvalue weighted by Crippen LogP contribution is 2.15. The summed E-state index contributed by atoms with van der Waals surface area (Å²) in [5.74, 6) is -0.302. The Morgan fingerprint density at radius 2 is 1.87 bits per heavy atom. The zero-order chi connectivity index (χ0) is 20.9. The molecule has 148 valence electrons. The number of amides is 1. The molecule has 1 amide bonds. The van der Waals surface area contributed by atoms with Crippen LogP contribution in [0.15, 0.2) is 81.2 Å². The summed E-state index contributed by atoms with van der Waals surface area (Å²) < 4.78 is 0.976. The summed E-state index contributed by atoms with van der Waals surface area (Å²) in [6.45, 7) is 0. The van der Waals surface area contributed by atoms with Gasteiger partial charge in [-0.05, 0) is 47.5 Å². The van der Waals surface area contributed by atoms with Crippen molar-refractivity contribution in [3.05, 3.63) is 104 Å². The normalized spacial score (nSPS) is 11.1. The number of nitrogens with zero attached hydrogens (tertiary/aromatic N) is 3. The number of fused-ring (bicyclic) bond motifs is 1. The zero-order valence-corrected chi connectivity index (χ0v) is 17.3. The first-order valence-electron chi connectivity index (χ1n) is 9.10. The van der Waals surface area contributed by atoms with Gasteiger partial charge in [0.15, 0.2) is 0 Å². The van der Waals surface area contributed by atoms with E-state index in [0.29, 0.717) is 28.6 Å². The summed E-state index contributed by atoms with van der Waals surface area (Å²) in [7, 11) is 0. The number of benzene rings is 2. The first-order valence-corrected chi connectivity index (χ1v) is 9.89. The average Bonchev–Trinajstić information content (AvgIpc) is 2.78. The van der Waals surface area contributed by atoms with Gasteiger partial charge in [0.25, 0.3) is 11.5 Å². The Hall–Kier alpha value is -3.65. The number of pyridine rings is 1. The quantitative estimate of drug-likeness (QED) is 0.351. The number of nitrogens with one attached hydrogen (secondary N) is 2. The largest absolute Gasteiger partial charge is 0.273 e. The summed E-state index contributed by atoms with van der Waals surface area (Å²) in [4.78, 5) is 28.4. The fourth-order valence-corrected chi connectivity index (χ4v) is 3.18. The van der Waals surface area contributed by atoms with Crippen LogP contribution in [0.5, 0.6) is 0 Å². The van der Waals surface area contributed by atoms with Gasteiger partial charge < -0.3 is 0 Å². The van der Waals surface area contributed by atoms with Gasteiger partial charge in [0.2, 0.25) is 0 Å². The topological polar surface area (TPSA) is 100 Å². The molecule has 0 radical (unpaired) electrons. The minimum atomic E-state index is -0.302. The third-order valence-corrected chi connectivity index (χ3v) is 4.98. The first-order chi connectivity index (χ1) is 14.6. The van der Waals surface area contributed by atoms with Crippen molar-refractivity contribution in [3.8, 4) is 0 Å². The molecule has 0 saturated carbocycles. The van der Waals surface area contributed by atoms with Crippen molar-refractivity contribution in [2.45, 2.75) is 6.42 Å². The highest BCUT2D eigenvalue weighted by molar-refractivity contribution is 9.10. The number of hydrogen-bond acceptors (Lipinski definition) is 5. The number of halogens is 1. The summed E-state index contributed by atoms with van der Waals surface area (Å²) >= 11 is 3.37. The summed E-state index contributed by atoms with van der Waals surface area (Å²) in [6.07, 6.45) is 3.70. The molecule has 0 aliphatic heterocycles. The molecule has 0 bridgehead atoms.